The second kappa shape index (κ2) is 8.24. The monoisotopic (exact) mass is 318 g/mol. The number of hydrogen-bond donors (Lipinski definition) is 2. The molecule has 2 N–H and O–H groups in total. The van der Waals surface area contributed by atoms with Crippen molar-refractivity contribution in [2.24, 2.45) is 0 Å². The molecule has 0 spiro atoms. The van der Waals surface area contributed by atoms with Crippen molar-refractivity contribution >= 4 is 11.6 Å². The van der Waals surface area contributed by atoms with Gasteiger partial charge in [0.15, 0.2) is 0 Å². The van der Waals surface area contributed by atoms with Crippen LogP contribution in [-0.4, -0.2) is 26.2 Å². The summed E-state index contributed by atoms with van der Waals surface area (Å²) in [5, 5.41) is 6.10. The Bertz CT molecular complexity index is 626. The Labute approximate surface area is 135 Å². The minimum atomic E-state index is -0.101. The fourth-order valence-electron chi connectivity index (χ4n) is 2.15. The zero-order chi connectivity index (χ0) is 16.7. The Kier molecular flexibility index (Phi) is 6.05. The molecule has 0 fully saturated rings. The van der Waals surface area contributed by atoms with Gasteiger partial charge in [-0.3, -0.25) is 4.79 Å². The maximum absolute atomic E-state index is 12.2. The van der Waals surface area contributed by atoms with Gasteiger partial charge in [-0.25, -0.2) is 0 Å². The van der Waals surface area contributed by atoms with E-state index in [1.165, 1.54) is 0 Å². The molecule has 2 rings (SSSR count). The number of anilines is 1. The number of benzene rings is 1. The maximum Gasteiger partial charge on any atom is 0.226 e. The van der Waals surface area contributed by atoms with Gasteiger partial charge < -0.3 is 24.5 Å². The van der Waals surface area contributed by atoms with Crippen LogP contribution in [0.2, 0.25) is 0 Å². The van der Waals surface area contributed by atoms with E-state index in [0.717, 1.165) is 5.76 Å². The normalized spacial score (nSPS) is 11.8. The second-order valence-electron chi connectivity index (χ2n) is 5.18. The third kappa shape index (κ3) is 5.03. The minimum Gasteiger partial charge on any atom is -0.497 e. The fourth-order valence-corrected chi connectivity index (χ4v) is 2.15. The molecule has 0 aliphatic carbocycles. The molecule has 0 aliphatic rings. The molecule has 6 nitrogen and oxygen atoms in total. The number of ether oxygens (including phenoxy) is 2. The summed E-state index contributed by atoms with van der Waals surface area (Å²) < 4.78 is 15.7. The van der Waals surface area contributed by atoms with Gasteiger partial charge in [-0.15, -0.1) is 0 Å². The topological polar surface area (TPSA) is 72.7 Å². The zero-order valence-electron chi connectivity index (χ0n) is 13.6. The van der Waals surface area contributed by atoms with Crippen molar-refractivity contribution in [2.45, 2.75) is 25.9 Å². The summed E-state index contributed by atoms with van der Waals surface area (Å²) in [5.74, 6) is 1.99. The van der Waals surface area contributed by atoms with Gasteiger partial charge in [-0.05, 0) is 31.2 Å². The van der Waals surface area contributed by atoms with Gasteiger partial charge in [0.25, 0.3) is 0 Å². The first-order chi connectivity index (χ1) is 11.1. The number of carbonyl (C=O) groups excluding carboxylic acids is 1. The van der Waals surface area contributed by atoms with Crippen LogP contribution in [0.25, 0.3) is 0 Å². The van der Waals surface area contributed by atoms with Gasteiger partial charge in [0.2, 0.25) is 5.91 Å². The number of amides is 1. The van der Waals surface area contributed by atoms with Crippen molar-refractivity contribution in [1.82, 2.24) is 5.32 Å². The summed E-state index contributed by atoms with van der Waals surface area (Å²) >= 11 is 0. The standard InChI is InChI=1S/C17H22N2O4/c1-12(18-11-14-5-4-8-23-14)9-17(20)19-15-10-13(21-2)6-7-16(15)22-3/h4-8,10,12,18H,9,11H2,1-3H3,(H,19,20). The van der Waals surface area contributed by atoms with Crippen LogP contribution >= 0.6 is 0 Å². The van der Waals surface area contributed by atoms with E-state index >= 15 is 0 Å². The van der Waals surface area contributed by atoms with Crippen molar-refractivity contribution in [3.8, 4) is 11.5 Å². The molecular weight excluding hydrogens is 296 g/mol. The summed E-state index contributed by atoms with van der Waals surface area (Å²) in [6.07, 6.45) is 1.96. The Morgan fingerprint density at radius 2 is 2.09 bits per heavy atom. The molecule has 0 saturated heterocycles. The molecule has 1 aromatic heterocycles. The van der Waals surface area contributed by atoms with Gasteiger partial charge in [0, 0.05) is 18.5 Å². The third-order valence-electron chi connectivity index (χ3n) is 3.38. The van der Waals surface area contributed by atoms with E-state index in [1.807, 2.05) is 19.1 Å². The molecule has 1 unspecified atom stereocenters. The van der Waals surface area contributed by atoms with E-state index < -0.39 is 0 Å². The SMILES string of the molecule is COc1ccc(OC)c(NC(=O)CC(C)NCc2ccco2)c1. The van der Waals surface area contributed by atoms with Crippen LogP contribution in [0.15, 0.2) is 41.0 Å². The van der Waals surface area contributed by atoms with Crippen molar-refractivity contribution in [3.63, 3.8) is 0 Å². The van der Waals surface area contributed by atoms with Crippen LogP contribution in [0.4, 0.5) is 5.69 Å². The fraction of sp³-hybridized carbons (Fsp3) is 0.353. The average Bonchev–Trinajstić information content (AvgIpc) is 3.06. The summed E-state index contributed by atoms with van der Waals surface area (Å²) in [5.41, 5.74) is 0.593. The largest absolute Gasteiger partial charge is 0.497 e. The molecule has 23 heavy (non-hydrogen) atoms. The Balaban J connectivity index is 1.88. The lowest BCUT2D eigenvalue weighted by atomic mass is 10.2. The maximum atomic E-state index is 12.2. The molecule has 1 amide bonds. The summed E-state index contributed by atoms with van der Waals surface area (Å²) in [7, 11) is 3.14. The van der Waals surface area contributed by atoms with Gasteiger partial charge in [0.1, 0.15) is 17.3 Å². The molecule has 0 radical (unpaired) electrons. The van der Waals surface area contributed by atoms with E-state index in [1.54, 1.807) is 38.7 Å². The van der Waals surface area contributed by atoms with Crippen LogP contribution in [0.5, 0.6) is 11.5 Å². The summed E-state index contributed by atoms with van der Waals surface area (Å²) in [6, 6.07) is 9.01. The zero-order valence-corrected chi connectivity index (χ0v) is 13.6. The van der Waals surface area contributed by atoms with Gasteiger partial charge in [0.05, 0.1) is 32.7 Å². The molecule has 1 aromatic carbocycles. The molecule has 6 heteroatoms. The van der Waals surface area contributed by atoms with E-state index in [2.05, 4.69) is 10.6 Å². The number of hydrogen-bond acceptors (Lipinski definition) is 5. The van der Waals surface area contributed by atoms with Crippen LogP contribution in [0.3, 0.4) is 0 Å². The first-order valence-electron chi connectivity index (χ1n) is 7.40. The molecular formula is C17H22N2O4. The van der Waals surface area contributed by atoms with E-state index in [-0.39, 0.29) is 11.9 Å². The van der Waals surface area contributed by atoms with Crippen molar-refractivity contribution in [2.75, 3.05) is 19.5 Å². The summed E-state index contributed by atoms with van der Waals surface area (Å²) in [6.45, 7) is 2.54. The number of rotatable bonds is 8. The van der Waals surface area contributed by atoms with Crippen LogP contribution < -0.4 is 20.1 Å². The first kappa shape index (κ1) is 16.9. The molecule has 0 saturated carbocycles. The van der Waals surface area contributed by atoms with Crippen molar-refractivity contribution in [1.29, 1.82) is 0 Å². The van der Waals surface area contributed by atoms with E-state index in [0.29, 0.717) is 30.2 Å². The number of furan rings is 1. The Morgan fingerprint density at radius 1 is 1.26 bits per heavy atom. The van der Waals surface area contributed by atoms with Crippen LogP contribution in [0, 0.1) is 0 Å². The average molecular weight is 318 g/mol. The highest BCUT2D eigenvalue weighted by Gasteiger charge is 2.12. The van der Waals surface area contributed by atoms with Crippen molar-refractivity contribution in [3.05, 3.63) is 42.4 Å². The minimum absolute atomic E-state index is 0.0108. The smallest absolute Gasteiger partial charge is 0.226 e. The van der Waals surface area contributed by atoms with Crippen LogP contribution in [0.1, 0.15) is 19.1 Å². The Hall–Kier alpha value is -2.47. The number of carbonyl (C=O) groups is 1. The molecule has 124 valence electrons. The third-order valence-corrected chi connectivity index (χ3v) is 3.38. The quantitative estimate of drug-likeness (QED) is 0.783. The van der Waals surface area contributed by atoms with E-state index in [4.69, 9.17) is 13.9 Å². The number of methoxy groups -OCH3 is 2. The number of nitrogens with one attached hydrogen (secondary N) is 2. The van der Waals surface area contributed by atoms with E-state index in [9.17, 15) is 4.79 Å². The van der Waals surface area contributed by atoms with Gasteiger partial charge in [-0.2, -0.15) is 0 Å². The molecule has 1 heterocycles. The lowest BCUT2D eigenvalue weighted by Crippen LogP contribution is -2.30. The van der Waals surface area contributed by atoms with Crippen molar-refractivity contribution < 1.29 is 18.7 Å². The first-order valence-corrected chi connectivity index (χ1v) is 7.40. The predicted octanol–water partition coefficient (Wildman–Crippen LogP) is 2.80. The predicted molar refractivity (Wildman–Crippen MR) is 87.8 cm³/mol. The van der Waals surface area contributed by atoms with Gasteiger partial charge >= 0.3 is 0 Å². The molecule has 1 atom stereocenters. The highest BCUT2D eigenvalue weighted by molar-refractivity contribution is 5.92. The lowest BCUT2D eigenvalue weighted by Gasteiger charge is -2.15. The highest BCUT2D eigenvalue weighted by atomic mass is 16.5. The summed E-state index contributed by atoms with van der Waals surface area (Å²) in [4.78, 5) is 12.2. The second-order valence-corrected chi connectivity index (χ2v) is 5.18. The Morgan fingerprint density at radius 3 is 2.74 bits per heavy atom. The highest BCUT2D eigenvalue weighted by Crippen LogP contribution is 2.28. The van der Waals surface area contributed by atoms with Gasteiger partial charge in [-0.1, -0.05) is 0 Å². The lowest BCUT2D eigenvalue weighted by molar-refractivity contribution is -0.116. The van der Waals surface area contributed by atoms with Crippen LogP contribution in [-0.2, 0) is 11.3 Å². The molecule has 2 aromatic rings. The molecule has 0 aliphatic heterocycles. The molecule has 0 bridgehead atoms.